The van der Waals surface area contributed by atoms with Gasteiger partial charge in [-0.1, -0.05) is 47.7 Å². The first-order valence-electron chi connectivity index (χ1n) is 11.3. The fraction of sp³-hybridized carbons (Fsp3) is 0.192. The number of para-hydroxylation sites is 1. The molecule has 1 heterocycles. The minimum atomic E-state index is -5.03. The van der Waals surface area contributed by atoms with Crippen LogP contribution in [0.3, 0.4) is 0 Å². The number of anilines is 1. The lowest BCUT2D eigenvalue weighted by Gasteiger charge is -2.15. The second-order valence-electron chi connectivity index (χ2n) is 8.30. The van der Waals surface area contributed by atoms with E-state index in [0.29, 0.717) is 29.4 Å². The summed E-state index contributed by atoms with van der Waals surface area (Å²) >= 11 is 0.913. The second-order valence-corrected chi connectivity index (χ2v) is 9.25. The quantitative estimate of drug-likeness (QED) is 0.185. The molecule has 0 spiro atoms. The van der Waals surface area contributed by atoms with Crippen molar-refractivity contribution in [2.24, 2.45) is 0 Å². The van der Waals surface area contributed by atoms with E-state index in [1.165, 1.54) is 0 Å². The fourth-order valence-electron chi connectivity index (χ4n) is 3.46. The third-order valence-corrected chi connectivity index (χ3v) is 6.24. The summed E-state index contributed by atoms with van der Waals surface area (Å²) in [5.41, 5.74) is -2.00. The van der Waals surface area contributed by atoms with E-state index in [1.54, 1.807) is 16.7 Å². The minimum absolute atomic E-state index is 0.00645. The average molecular weight is 567 g/mol. The minimum Gasteiger partial charge on any atom is -0.486 e. The van der Waals surface area contributed by atoms with Gasteiger partial charge in [0, 0.05) is 11.4 Å². The summed E-state index contributed by atoms with van der Waals surface area (Å²) in [7, 11) is 0. The average Bonchev–Trinajstić information content (AvgIpc) is 3.29. The molecule has 3 aromatic carbocycles. The molecule has 204 valence electrons. The number of ether oxygens (including phenoxy) is 1. The molecular weight excluding hydrogens is 546 g/mol. The van der Waals surface area contributed by atoms with E-state index >= 15 is 0 Å². The maximum atomic E-state index is 13.1. The van der Waals surface area contributed by atoms with Crippen LogP contribution in [0.25, 0.3) is 5.69 Å². The van der Waals surface area contributed by atoms with Crippen molar-refractivity contribution in [2.75, 3.05) is 11.1 Å². The van der Waals surface area contributed by atoms with Crippen molar-refractivity contribution in [3.63, 3.8) is 0 Å². The normalized spacial score (nSPS) is 11.9. The van der Waals surface area contributed by atoms with Crippen LogP contribution in [0.4, 0.5) is 32.0 Å². The molecule has 0 unspecified atom stereocenters. The van der Waals surface area contributed by atoms with E-state index in [9.17, 15) is 31.1 Å². The molecule has 1 aromatic heterocycles. The maximum absolute atomic E-state index is 13.1. The molecule has 0 fully saturated rings. The summed E-state index contributed by atoms with van der Waals surface area (Å²) in [5.74, 6) is -0.170. The second kappa shape index (κ2) is 11.4. The van der Waals surface area contributed by atoms with Crippen molar-refractivity contribution >= 4 is 23.4 Å². The lowest BCUT2D eigenvalue weighted by Crippen LogP contribution is -2.17. The van der Waals surface area contributed by atoms with E-state index in [1.807, 2.05) is 49.4 Å². The van der Waals surface area contributed by atoms with Gasteiger partial charge in [0.1, 0.15) is 12.4 Å². The van der Waals surface area contributed by atoms with Crippen molar-refractivity contribution in [1.29, 1.82) is 0 Å². The number of nitrogens with zero attached hydrogens (tertiary/aromatic N) is 3. The number of hydrogen-bond acceptors (Lipinski definition) is 5. The van der Waals surface area contributed by atoms with Crippen LogP contribution in [-0.4, -0.2) is 26.4 Å². The largest absolute Gasteiger partial charge is 0.486 e. The van der Waals surface area contributed by atoms with Crippen LogP contribution in [0.2, 0.25) is 0 Å². The Morgan fingerprint density at radius 3 is 2.10 bits per heavy atom. The van der Waals surface area contributed by atoms with Crippen LogP contribution >= 0.6 is 11.8 Å². The topological polar surface area (TPSA) is 69.0 Å². The van der Waals surface area contributed by atoms with Crippen LogP contribution < -0.4 is 10.1 Å². The van der Waals surface area contributed by atoms with Crippen molar-refractivity contribution in [3.8, 4) is 11.4 Å². The Morgan fingerprint density at radius 1 is 0.897 bits per heavy atom. The number of benzene rings is 3. The molecule has 4 aromatic rings. The van der Waals surface area contributed by atoms with Crippen LogP contribution in [-0.2, 0) is 23.8 Å². The van der Waals surface area contributed by atoms with E-state index in [2.05, 4.69) is 15.5 Å². The zero-order valence-electron chi connectivity index (χ0n) is 20.2. The van der Waals surface area contributed by atoms with E-state index in [4.69, 9.17) is 4.74 Å². The first-order chi connectivity index (χ1) is 18.4. The fourth-order valence-corrected chi connectivity index (χ4v) is 4.23. The van der Waals surface area contributed by atoms with E-state index < -0.39 is 35.1 Å². The lowest BCUT2D eigenvalue weighted by molar-refractivity contribution is -0.143. The highest BCUT2D eigenvalue weighted by molar-refractivity contribution is 7.99. The van der Waals surface area contributed by atoms with Gasteiger partial charge >= 0.3 is 12.4 Å². The van der Waals surface area contributed by atoms with Gasteiger partial charge in [-0.25, -0.2) is 0 Å². The standard InChI is InChI=1S/C26H20F6N4O2S/c1-16-7-9-20(10-8-16)36-22(14-38-21-5-3-2-4-6-21)34-35-24(36)39-15-23(37)33-19-12-17(25(27,28)29)11-18(13-19)26(30,31)32/h2-13H,14-15H2,1H3,(H,33,37). The summed E-state index contributed by atoms with van der Waals surface area (Å²) in [6, 6.07) is 17.2. The van der Waals surface area contributed by atoms with Gasteiger partial charge in [-0.05, 0) is 49.4 Å². The molecule has 13 heteroatoms. The number of amides is 1. The molecule has 0 aliphatic carbocycles. The van der Waals surface area contributed by atoms with Gasteiger partial charge in [-0.2, -0.15) is 26.3 Å². The first-order valence-corrected chi connectivity index (χ1v) is 12.3. The van der Waals surface area contributed by atoms with E-state index in [-0.39, 0.29) is 23.6 Å². The van der Waals surface area contributed by atoms with Crippen LogP contribution in [0.1, 0.15) is 22.5 Å². The molecule has 0 aliphatic heterocycles. The van der Waals surface area contributed by atoms with Gasteiger partial charge < -0.3 is 10.1 Å². The lowest BCUT2D eigenvalue weighted by atomic mass is 10.1. The van der Waals surface area contributed by atoms with Crippen LogP contribution in [0.5, 0.6) is 5.75 Å². The number of thioether (sulfide) groups is 1. The number of hydrogen-bond donors (Lipinski definition) is 1. The molecule has 0 saturated carbocycles. The smallest absolute Gasteiger partial charge is 0.416 e. The third-order valence-electron chi connectivity index (χ3n) is 5.31. The molecule has 1 amide bonds. The van der Waals surface area contributed by atoms with E-state index in [0.717, 1.165) is 17.3 Å². The Morgan fingerprint density at radius 2 is 1.51 bits per heavy atom. The highest BCUT2D eigenvalue weighted by Gasteiger charge is 2.37. The highest BCUT2D eigenvalue weighted by Crippen LogP contribution is 2.37. The molecule has 6 nitrogen and oxygen atoms in total. The Labute approximate surface area is 223 Å². The summed E-state index contributed by atoms with van der Waals surface area (Å²) in [6.07, 6.45) is -10.1. The Kier molecular flexibility index (Phi) is 8.19. The Balaban J connectivity index is 1.53. The molecule has 0 saturated heterocycles. The van der Waals surface area contributed by atoms with Crippen molar-refractivity contribution in [3.05, 3.63) is 95.3 Å². The summed E-state index contributed by atoms with van der Waals surface area (Å²) in [5, 5.41) is 10.7. The van der Waals surface area contributed by atoms with Crippen molar-refractivity contribution in [1.82, 2.24) is 14.8 Å². The predicted octanol–water partition coefficient (Wildman–Crippen LogP) is 6.92. The Hall–Kier alpha value is -4.00. The monoisotopic (exact) mass is 566 g/mol. The SMILES string of the molecule is Cc1ccc(-n2c(COc3ccccc3)nnc2SCC(=O)Nc2cc(C(F)(F)F)cc(C(F)(F)F)c2)cc1. The Bertz CT molecular complexity index is 1410. The van der Waals surface area contributed by atoms with Gasteiger partial charge in [-0.15, -0.1) is 10.2 Å². The number of rotatable bonds is 8. The van der Waals surface area contributed by atoms with Crippen LogP contribution in [0, 0.1) is 6.92 Å². The van der Waals surface area contributed by atoms with Gasteiger partial charge in [-0.3, -0.25) is 9.36 Å². The summed E-state index contributed by atoms with van der Waals surface area (Å²) in [4.78, 5) is 12.5. The summed E-state index contributed by atoms with van der Waals surface area (Å²) < 4.78 is 86.2. The summed E-state index contributed by atoms with van der Waals surface area (Å²) in [6.45, 7) is 1.95. The molecule has 39 heavy (non-hydrogen) atoms. The highest BCUT2D eigenvalue weighted by atomic mass is 32.2. The third kappa shape index (κ3) is 7.31. The van der Waals surface area contributed by atoms with Gasteiger partial charge in [0.15, 0.2) is 11.0 Å². The zero-order chi connectivity index (χ0) is 28.2. The number of carbonyl (C=O) groups is 1. The number of aryl methyl sites for hydroxylation is 1. The van der Waals surface area contributed by atoms with Crippen molar-refractivity contribution < 1.29 is 35.9 Å². The van der Waals surface area contributed by atoms with Gasteiger partial charge in [0.2, 0.25) is 5.91 Å². The molecular formula is C26H20F6N4O2S. The number of aromatic nitrogens is 3. The first kappa shape index (κ1) is 28.0. The number of alkyl halides is 6. The van der Waals surface area contributed by atoms with Gasteiger partial charge in [0.25, 0.3) is 0 Å². The maximum Gasteiger partial charge on any atom is 0.416 e. The predicted molar refractivity (Wildman–Crippen MR) is 133 cm³/mol. The molecule has 4 rings (SSSR count). The molecule has 0 aliphatic rings. The zero-order valence-corrected chi connectivity index (χ0v) is 21.0. The van der Waals surface area contributed by atoms with Crippen LogP contribution in [0.15, 0.2) is 78.0 Å². The van der Waals surface area contributed by atoms with Gasteiger partial charge in [0.05, 0.1) is 16.9 Å². The van der Waals surface area contributed by atoms with Crippen molar-refractivity contribution in [2.45, 2.75) is 31.0 Å². The number of halogens is 6. The number of carbonyl (C=O) groups excluding carboxylic acids is 1. The molecule has 0 radical (unpaired) electrons. The molecule has 1 N–H and O–H groups in total. The molecule has 0 bridgehead atoms. The number of nitrogens with one attached hydrogen (secondary N) is 1. The molecule has 0 atom stereocenters.